The van der Waals surface area contributed by atoms with Crippen LogP contribution in [0, 0.1) is 5.82 Å². The molecule has 0 atom stereocenters. The van der Waals surface area contributed by atoms with E-state index in [1.807, 2.05) is 13.0 Å². The number of halogens is 1. The second kappa shape index (κ2) is 10.4. The van der Waals surface area contributed by atoms with E-state index >= 15 is 0 Å². The number of aryl methyl sites for hydroxylation is 1. The second-order valence-electron chi connectivity index (χ2n) is 10.2. The van der Waals surface area contributed by atoms with Gasteiger partial charge in [-0.15, -0.1) is 0 Å². The van der Waals surface area contributed by atoms with E-state index in [2.05, 4.69) is 10.6 Å². The molecule has 0 spiro atoms. The molecule has 1 fully saturated rings. The van der Waals surface area contributed by atoms with Crippen molar-refractivity contribution >= 4 is 28.8 Å². The number of rotatable bonds is 8. The number of aliphatic carboxylic acids is 1. The molecule has 0 bridgehead atoms. The summed E-state index contributed by atoms with van der Waals surface area (Å²) in [4.78, 5) is 37.5. The highest BCUT2D eigenvalue weighted by atomic mass is 19.1. The average Bonchev–Trinajstić information content (AvgIpc) is 3.28. The molecule has 1 aliphatic carbocycles. The van der Waals surface area contributed by atoms with Crippen LogP contribution in [-0.4, -0.2) is 35.5 Å². The van der Waals surface area contributed by atoms with Crippen LogP contribution in [-0.2, 0) is 11.2 Å². The number of amides is 2. The molecule has 3 aromatic carbocycles. The maximum absolute atomic E-state index is 13.6. The van der Waals surface area contributed by atoms with Crippen LogP contribution in [0.4, 0.5) is 4.39 Å². The van der Waals surface area contributed by atoms with E-state index < -0.39 is 11.8 Å². The van der Waals surface area contributed by atoms with Gasteiger partial charge in [0.25, 0.3) is 11.8 Å². The zero-order valence-corrected chi connectivity index (χ0v) is 21.8. The van der Waals surface area contributed by atoms with E-state index in [1.54, 1.807) is 30.3 Å². The first-order valence-corrected chi connectivity index (χ1v) is 12.9. The van der Waals surface area contributed by atoms with Crippen molar-refractivity contribution in [3.63, 3.8) is 0 Å². The molecule has 1 heterocycles. The molecular weight excluding hydrogens is 499 g/mol. The topological polar surface area (TPSA) is 109 Å². The normalized spacial score (nSPS) is 14.0. The first-order chi connectivity index (χ1) is 18.7. The Labute approximate surface area is 225 Å². The molecule has 0 saturated heterocycles. The number of fused-ring (bicyclic) bond motifs is 1. The first kappa shape index (κ1) is 26.2. The molecule has 7 nitrogen and oxygen atoms in total. The lowest BCUT2D eigenvalue weighted by atomic mass is 9.78. The van der Waals surface area contributed by atoms with E-state index in [-0.39, 0.29) is 41.5 Å². The van der Waals surface area contributed by atoms with Gasteiger partial charge in [-0.25, -0.2) is 4.39 Å². The Morgan fingerprint density at radius 1 is 1.00 bits per heavy atom. The summed E-state index contributed by atoms with van der Waals surface area (Å²) >= 11 is 0. The van der Waals surface area contributed by atoms with Gasteiger partial charge in [-0.1, -0.05) is 12.1 Å². The summed E-state index contributed by atoms with van der Waals surface area (Å²) in [7, 11) is 1.52. The third-order valence-electron chi connectivity index (χ3n) is 7.39. The number of carboxylic acids is 1. The van der Waals surface area contributed by atoms with E-state index in [0.29, 0.717) is 33.2 Å². The standard InChI is InChI=1S/C31H29FN2O5/c1-31(13-4-14-31)34-29(37)21-6-3-5-19(15-21)23-17-24-25(16-20(23)9-12-26(35)36)39-28(27(24)30(38)33-2)18-7-10-22(32)11-8-18/h3,5-8,10-11,15-17H,4,9,12-14H2,1-2H3,(H,33,38)(H,34,37)(H,35,36). The number of benzene rings is 3. The van der Waals surface area contributed by atoms with Gasteiger partial charge in [0.05, 0.1) is 5.56 Å². The van der Waals surface area contributed by atoms with Crippen LogP contribution in [0.25, 0.3) is 33.4 Å². The van der Waals surface area contributed by atoms with Crippen LogP contribution in [0.15, 0.2) is 65.1 Å². The van der Waals surface area contributed by atoms with Gasteiger partial charge in [-0.05, 0) is 97.8 Å². The molecule has 0 aliphatic heterocycles. The predicted molar refractivity (Wildman–Crippen MR) is 146 cm³/mol. The van der Waals surface area contributed by atoms with Crippen LogP contribution in [0.1, 0.15) is 58.9 Å². The lowest BCUT2D eigenvalue weighted by Crippen LogP contribution is -2.50. The van der Waals surface area contributed by atoms with Crippen LogP contribution in [0.3, 0.4) is 0 Å². The summed E-state index contributed by atoms with van der Waals surface area (Å²) in [5.41, 5.74) is 3.64. The summed E-state index contributed by atoms with van der Waals surface area (Å²) in [6, 6.07) is 16.4. The predicted octanol–water partition coefficient (Wildman–Crippen LogP) is 5.96. The summed E-state index contributed by atoms with van der Waals surface area (Å²) in [5.74, 6) is -1.61. The smallest absolute Gasteiger partial charge is 0.303 e. The number of carbonyl (C=O) groups excluding carboxylic acids is 2. The molecule has 0 unspecified atom stereocenters. The van der Waals surface area contributed by atoms with Gasteiger partial charge in [-0.2, -0.15) is 0 Å². The van der Waals surface area contributed by atoms with E-state index in [9.17, 15) is 23.9 Å². The average molecular weight is 529 g/mol. The molecule has 200 valence electrons. The number of furan rings is 1. The molecule has 4 aromatic rings. The van der Waals surface area contributed by atoms with Gasteiger partial charge in [0.15, 0.2) is 0 Å². The van der Waals surface area contributed by atoms with Crippen molar-refractivity contribution in [2.75, 3.05) is 7.05 Å². The molecule has 39 heavy (non-hydrogen) atoms. The Kier molecular flexibility index (Phi) is 6.95. The highest BCUT2D eigenvalue weighted by Gasteiger charge is 2.33. The van der Waals surface area contributed by atoms with Crippen LogP contribution in [0.2, 0.25) is 0 Å². The molecule has 5 rings (SSSR count). The molecular formula is C31H29FN2O5. The van der Waals surface area contributed by atoms with Gasteiger partial charge in [-0.3, -0.25) is 14.4 Å². The van der Waals surface area contributed by atoms with Crippen molar-refractivity contribution in [3.8, 4) is 22.5 Å². The SMILES string of the molecule is CNC(=O)c1c(-c2ccc(F)cc2)oc2cc(CCC(=O)O)c(-c3cccc(C(=O)NC4(C)CCC4)c3)cc12. The van der Waals surface area contributed by atoms with Crippen LogP contribution >= 0.6 is 0 Å². The largest absolute Gasteiger partial charge is 0.481 e. The zero-order valence-electron chi connectivity index (χ0n) is 21.8. The maximum Gasteiger partial charge on any atom is 0.303 e. The van der Waals surface area contributed by atoms with Crippen molar-refractivity contribution in [2.45, 2.75) is 44.6 Å². The Bertz CT molecular complexity index is 1580. The summed E-state index contributed by atoms with van der Waals surface area (Å²) in [6.07, 6.45) is 3.07. The lowest BCUT2D eigenvalue weighted by molar-refractivity contribution is -0.136. The van der Waals surface area contributed by atoms with Crippen molar-refractivity contribution in [2.24, 2.45) is 0 Å². The van der Waals surface area contributed by atoms with Gasteiger partial charge in [0.1, 0.15) is 17.2 Å². The Morgan fingerprint density at radius 3 is 2.38 bits per heavy atom. The monoisotopic (exact) mass is 528 g/mol. The molecule has 2 amide bonds. The highest BCUT2D eigenvalue weighted by Crippen LogP contribution is 2.39. The van der Waals surface area contributed by atoms with Crippen molar-refractivity contribution < 1.29 is 28.3 Å². The molecule has 1 aromatic heterocycles. The van der Waals surface area contributed by atoms with Crippen molar-refractivity contribution in [1.82, 2.24) is 10.6 Å². The number of carboxylic acid groups (broad SMARTS) is 1. The van der Waals surface area contributed by atoms with E-state index in [4.69, 9.17) is 4.42 Å². The molecule has 1 aliphatic rings. The fourth-order valence-corrected chi connectivity index (χ4v) is 5.06. The lowest BCUT2D eigenvalue weighted by Gasteiger charge is -2.39. The number of hydrogen-bond acceptors (Lipinski definition) is 4. The second-order valence-corrected chi connectivity index (χ2v) is 10.2. The maximum atomic E-state index is 13.6. The van der Waals surface area contributed by atoms with E-state index in [1.165, 1.54) is 31.3 Å². The summed E-state index contributed by atoms with van der Waals surface area (Å²) < 4.78 is 19.7. The number of carbonyl (C=O) groups is 3. The number of hydrogen-bond donors (Lipinski definition) is 3. The quantitative estimate of drug-likeness (QED) is 0.262. The Balaban J connectivity index is 1.66. The highest BCUT2D eigenvalue weighted by molar-refractivity contribution is 6.12. The van der Waals surface area contributed by atoms with Gasteiger partial charge < -0.3 is 20.2 Å². The molecule has 3 N–H and O–H groups in total. The van der Waals surface area contributed by atoms with Gasteiger partial charge >= 0.3 is 5.97 Å². The molecule has 1 saturated carbocycles. The molecule has 8 heteroatoms. The van der Waals surface area contributed by atoms with Gasteiger partial charge in [0, 0.05) is 35.5 Å². The van der Waals surface area contributed by atoms with E-state index in [0.717, 1.165) is 24.8 Å². The first-order valence-electron chi connectivity index (χ1n) is 12.9. The third kappa shape index (κ3) is 5.27. The minimum atomic E-state index is -0.944. The minimum Gasteiger partial charge on any atom is -0.481 e. The third-order valence-corrected chi connectivity index (χ3v) is 7.39. The summed E-state index contributed by atoms with van der Waals surface area (Å²) in [5, 5.41) is 15.7. The molecule has 0 radical (unpaired) electrons. The van der Waals surface area contributed by atoms with Crippen molar-refractivity contribution in [3.05, 3.63) is 83.2 Å². The van der Waals surface area contributed by atoms with Crippen LogP contribution in [0.5, 0.6) is 0 Å². The fourth-order valence-electron chi connectivity index (χ4n) is 5.06. The van der Waals surface area contributed by atoms with Crippen LogP contribution < -0.4 is 10.6 Å². The number of nitrogens with one attached hydrogen (secondary N) is 2. The van der Waals surface area contributed by atoms with Crippen molar-refractivity contribution in [1.29, 1.82) is 0 Å². The zero-order chi connectivity index (χ0) is 27.7. The Hall–Kier alpha value is -4.46. The fraction of sp³-hybridized carbons (Fsp3) is 0.258. The Morgan fingerprint density at radius 2 is 1.74 bits per heavy atom. The van der Waals surface area contributed by atoms with Gasteiger partial charge in [0.2, 0.25) is 0 Å². The summed E-state index contributed by atoms with van der Waals surface area (Å²) in [6.45, 7) is 2.04. The minimum absolute atomic E-state index is 0.106.